The summed E-state index contributed by atoms with van der Waals surface area (Å²) >= 11 is 0. The number of hydrogen-bond acceptors (Lipinski definition) is 2. The lowest BCUT2D eigenvalue weighted by Gasteiger charge is -2.09. The van der Waals surface area contributed by atoms with E-state index < -0.39 is 6.10 Å². The van der Waals surface area contributed by atoms with Crippen LogP contribution in [-0.4, -0.2) is 5.11 Å². The van der Waals surface area contributed by atoms with Crippen molar-refractivity contribution >= 4 is 0 Å². The lowest BCUT2D eigenvalue weighted by Crippen LogP contribution is -1.99. The van der Waals surface area contributed by atoms with Crippen LogP contribution in [0.25, 0.3) is 0 Å². The second-order valence-corrected chi connectivity index (χ2v) is 5.47. The van der Waals surface area contributed by atoms with Crippen molar-refractivity contribution in [3.8, 4) is 0 Å². The Labute approximate surface area is 111 Å². The van der Waals surface area contributed by atoms with Crippen molar-refractivity contribution in [2.45, 2.75) is 32.3 Å². The molecule has 1 saturated carbocycles. The van der Waals surface area contributed by atoms with Gasteiger partial charge in [0.1, 0.15) is 23.4 Å². The average molecular weight is 260 g/mol. The molecule has 2 nitrogen and oxygen atoms in total. The highest BCUT2D eigenvalue weighted by atomic mass is 19.1. The lowest BCUT2D eigenvalue weighted by molar-refractivity contribution is 0.186. The lowest BCUT2D eigenvalue weighted by atomic mass is 10.1. The highest BCUT2D eigenvalue weighted by Gasteiger charge is 2.37. The molecule has 3 heteroatoms. The normalized spacial score (nSPS) is 23.4. The summed E-state index contributed by atoms with van der Waals surface area (Å²) in [6.07, 6.45) is 0.236. The summed E-state index contributed by atoms with van der Waals surface area (Å²) in [6, 6.07) is 8.45. The highest BCUT2D eigenvalue weighted by Crippen LogP contribution is 2.47. The van der Waals surface area contributed by atoms with Gasteiger partial charge >= 0.3 is 0 Å². The molecule has 1 aromatic heterocycles. The smallest absolute Gasteiger partial charge is 0.137 e. The highest BCUT2D eigenvalue weighted by molar-refractivity contribution is 5.30. The molecule has 1 aliphatic rings. The van der Waals surface area contributed by atoms with E-state index in [1.165, 1.54) is 6.07 Å². The molecule has 0 bridgehead atoms. The van der Waals surface area contributed by atoms with Gasteiger partial charge in [0.15, 0.2) is 0 Å². The zero-order chi connectivity index (χ0) is 13.6. The van der Waals surface area contributed by atoms with Crippen LogP contribution in [0.2, 0.25) is 0 Å². The van der Waals surface area contributed by atoms with E-state index in [1.54, 1.807) is 25.1 Å². The van der Waals surface area contributed by atoms with E-state index >= 15 is 0 Å². The molecular weight excluding hydrogens is 243 g/mol. The third-order valence-corrected chi connectivity index (χ3v) is 3.90. The van der Waals surface area contributed by atoms with Crippen molar-refractivity contribution < 1.29 is 13.9 Å². The first-order chi connectivity index (χ1) is 9.06. The molecule has 1 fully saturated rings. The molecule has 1 aliphatic carbocycles. The molecular formula is C16H17FO2. The summed E-state index contributed by atoms with van der Waals surface area (Å²) in [4.78, 5) is 0. The summed E-state index contributed by atoms with van der Waals surface area (Å²) in [5.74, 6) is 2.24. The van der Waals surface area contributed by atoms with Crippen LogP contribution in [0.15, 0.2) is 34.7 Å². The van der Waals surface area contributed by atoms with Crippen LogP contribution < -0.4 is 0 Å². The number of furan rings is 1. The van der Waals surface area contributed by atoms with Crippen LogP contribution in [0.5, 0.6) is 0 Å². The number of rotatable bonds is 3. The van der Waals surface area contributed by atoms with Crippen molar-refractivity contribution in [2.24, 2.45) is 5.92 Å². The number of halogens is 1. The monoisotopic (exact) mass is 260 g/mol. The Balaban J connectivity index is 1.84. The maximum atomic E-state index is 13.5. The van der Waals surface area contributed by atoms with Crippen LogP contribution in [0.1, 0.15) is 48.0 Å². The van der Waals surface area contributed by atoms with Gasteiger partial charge in [0.05, 0.1) is 0 Å². The van der Waals surface area contributed by atoms with E-state index in [1.807, 2.05) is 6.07 Å². The zero-order valence-corrected chi connectivity index (χ0v) is 11.1. The summed E-state index contributed by atoms with van der Waals surface area (Å²) in [5.41, 5.74) is 1.09. The van der Waals surface area contributed by atoms with E-state index in [-0.39, 0.29) is 5.82 Å². The summed E-state index contributed by atoms with van der Waals surface area (Å²) < 4.78 is 19.2. The summed E-state index contributed by atoms with van der Waals surface area (Å²) in [6.45, 7) is 3.88. The quantitative estimate of drug-likeness (QED) is 0.907. The first-order valence-electron chi connectivity index (χ1n) is 6.60. The van der Waals surface area contributed by atoms with Crippen LogP contribution in [0.3, 0.4) is 0 Å². The molecule has 19 heavy (non-hydrogen) atoms. The SMILES string of the molecule is Cc1ccc(C(O)c2ccc(C3CC3C)o2)cc1F. The fourth-order valence-electron chi connectivity index (χ4n) is 2.38. The predicted molar refractivity (Wildman–Crippen MR) is 70.4 cm³/mol. The van der Waals surface area contributed by atoms with Gasteiger partial charge < -0.3 is 9.52 Å². The molecule has 1 heterocycles. The van der Waals surface area contributed by atoms with Crippen LogP contribution >= 0.6 is 0 Å². The molecule has 100 valence electrons. The first kappa shape index (κ1) is 12.4. The molecule has 0 amide bonds. The largest absolute Gasteiger partial charge is 0.463 e. The maximum absolute atomic E-state index is 13.5. The topological polar surface area (TPSA) is 33.4 Å². The molecule has 0 aliphatic heterocycles. The second-order valence-electron chi connectivity index (χ2n) is 5.47. The molecule has 2 aromatic rings. The van der Waals surface area contributed by atoms with E-state index in [0.29, 0.717) is 28.7 Å². The van der Waals surface area contributed by atoms with Gasteiger partial charge in [0, 0.05) is 5.92 Å². The van der Waals surface area contributed by atoms with Gasteiger partial charge in [-0.1, -0.05) is 19.1 Å². The Morgan fingerprint density at radius 2 is 2.05 bits per heavy atom. The maximum Gasteiger partial charge on any atom is 0.137 e. The molecule has 0 spiro atoms. The first-order valence-corrected chi connectivity index (χ1v) is 6.60. The molecule has 3 rings (SSSR count). The van der Waals surface area contributed by atoms with Gasteiger partial charge in [0.25, 0.3) is 0 Å². The van der Waals surface area contributed by atoms with Gasteiger partial charge in [-0.25, -0.2) is 4.39 Å². The minimum absolute atomic E-state index is 0.306. The van der Waals surface area contributed by atoms with Crippen molar-refractivity contribution in [2.75, 3.05) is 0 Å². The molecule has 1 N–H and O–H groups in total. The van der Waals surface area contributed by atoms with E-state index in [2.05, 4.69) is 6.92 Å². The Hall–Kier alpha value is -1.61. The van der Waals surface area contributed by atoms with Crippen molar-refractivity contribution in [3.05, 3.63) is 58.8 Å². The van der Waals surface area contributed by atoms with Gasteiger partial charge in [-0.15, -0.1) is 0 Å². The Morgan fingerprint density at radius 1 is 1.32 bits per heavy atom. The number of aliphatic hydroxyl groups is 1. The fraction of sp³-hybridized carbons (Fsp3) is 0.375. The van der Waals surface area contributed by atoms with Crippen molar-refractivity contribution in [3.63, 3.8) is 0 Å². The standard InChI is InChI=1S/C16H17FO2/c1-9-3-4-11(8-13(9)17)16(18)15-6-5-14(19-15)12-7-10(12)2/h3-6,8,10,12,16,18H,7H2,1-2H3. The average Bonchev–Trinajstić information content (AvgIpc) is 2.93. The van der Waals surface area contributed by atoms with E-state index in [4.69, 9.17) is 4.42 Å². The predicted octanol–water partition coefficient (Wildman–Crippen LogP) is 3.93. The molecule has 0 saturated heterocycles. The number of aryl methyl sites for hydroxylation is 1. The summed E-state index contributed by atoms with van der Waals surface area (Å²) in [5, 5.41) is 10.2. The third kappa shape index (κ3) is 2.30. The Morgan fingerprint density at radius 3 is 2.68 bits per heavy atom. The van der Waals surface area contributed by atoms with E-state index in [0.717, 1.165) is 12.2 Å². The van der Waals surface area contributed by atoms with Crippen LogP contribution in [0, 0.1) is 18.7 Å². The number of benzene rings is 1. The minimum atomic E-state index is -0.905. The number of aliphatic hydroxyl groups excluding tert-OH is 1. The Kier molecular flexibility index (Phi) is 2.94. The van der Waals surface area contributed by atoms with Crippen LogP contribution in [0.4, 0.5) is 4.39 Å². The second kappa shape index (κ2) is 4.49. The summed E-state index contributed by atoms with van der Waals surface area (Å²) in [7, 11) is 0. The van der Waals surface area contributed by atoms with E-state index in [9.17, 15) is 9.50 Å². The van der Waals surface area contributed by atoms with Gasteiger partial charge in [0.2, 0.25) is 0 Å². The molecule has 1 aromatic carbocycles. The molecule has 3 atom stereocenters. The minimum Gasteiger partial charge on any atom is -0.463 e. The Bertz CT molecular complexity index is 603. The van der Waals surface area contributed by atoms with Gasteiger partial charge in [-0.05, 0) is 48.6 Å². The van der Waals surface area contributed by atoms with Crippen LogP contribution in [-0.2, 0) is 0 Å². The fourth-order valence-corrected chi connectivity index (χ4v) is 2.38. The van der Waals surface area contributed by atoms with Gasteiger partial charge in [-0.2, -0.15) is 0 Å². The van der Waals surface area contributed by atoms with Crippen molar-refractivity contribution in [1.29, 1.82) is 0 Å². The molecule has 3 unspecified atom stereocenters. The molecule has 0 radical (unpaired) electrons. The third-order valence-electron chi connectivity index (χ3n) is 3.90. The van der Waals surface area contributed by atoms with Gasteiger partial charge in [-0.3, -0.25) is 0 Å². The zero-order valence-electron chi connectivity index (χ0n) is 11.1. The van der Waals surface area contributed by atoms with Crippen molar-refractivity contribution in [1.82, 2.24) is 0 Å². The number of hydrogen-bond donors (Lipinski definition) is 1.